The topological polar surface area (TPSA) is 223 Å². The zero-order valence-corrected chi connectivity index (χ0v) is 20.1. The van der Waals surface area contributed by atoms with Crippen LogP contribution in [-0.2, 0) is 18.0 Å². The van der Waals surface area contributed by atoms with Gasteiger partial charge in [0.2, 0.25) is 0 Å². The number of hydrogen-bond acceptors (Lipinski definition) is 12. The van der Waals surface area contributed by atoms with Crippen molar-refractivity contribution in [2.75, 3.05) is 7.11 Å². The number of methoxy groups -OCH3 is 1. The first-order chi connectivity index (χ1) is 19.0. The number of carboxylic acids is 2. The minimum Gasteiger partial charge on any atom is -0.508 e. The molecule has 0 fully saturated rings. The van der Waals surface area contributed by atoms with Crippen LogP contribution >= 0.6 is 0 Å². The van der Waals surface area contributed by atoms with Crippen molar-refractivity contribution in [1.82, 2.24) is 0 Å². The van der Waals surface area contributed by atoms with Gasteiger partial charge in [-0.3, -0.25) is 9.59 Å². The van der Waals surface area contributed by atoms with E-state index >= 15 is 0 Å². The van der Waals surface area contributed by atoms with Gasteiger partial charge in [0.1, 0.15) is 42.0 Å². The van der Waals surface area contributed by atoms with Gasteiger partial charge in [-0.25, -0.2) is 9.59 Å². The molecule has 4 heterocycles. The fraction of sp³-hybridized carbons (Fsp3) is 0.154. The van der Waals surface area contributed by atoms with E-state index in [1.165, 1.54) is 7.11 Å². The van der Waals surface area contributed by atoms with E-state index in [4.69, 9.17) is 23.0 Å². The lowest BCUT2D eigenvalue weighted by Gasteiger charge is -2.27. The molecular formula is C26H16O14. The molecule has 6 rings (SSSR count). The lowest BCUT2D eigenvalue weighted by Crippen LogP contribution is -2.23. The van der Waals surface area contributed by atoms with Crippen LogP contribution in [0.1, 0.15) is 49.3 Å². The van der Waals surface area contributed by atoms with Crippen molar-refractivity contribution in [1.29, 1.82) is 0 Å². The van der Waals surface area contributed by atoms with Gasteiger partial charge in [0.15, 0.2) is 33.9 Å². The molecule has 40 heavy (non-hydrogen) atoms. The molecule has 1 atom stereocenters. The molecule has 0 aliphatic carbocycles. The van der Waals surface area contributed by atoms with Crippen molar-refractivity contribution in [3.63, 3.8) is 0 Å². The third-order valence-corrected chi connectivity index (χ3v) is 6.68. The van der Waals surface area contributed by atoms with E-state index in [-0.39, 0.29) is 33.8 Å². The highest BCUT2D eigenvalue weighted by molar-refractivity contribution is 6.04. The Balaban J connectivity index is 1.75. The highest BCUT2D eigenvalue weighted by Gasteiger charge is 2.42. The summed E-state index contributed by atoms with van der Waals surface area (Å²) in [6.45, 7) is -0.997. The Kier molecular flexibility index (Phi) is 5.28. The van der Waals surface area contributed by atoms with Gasteiger partial charge in [-0.15, -0.1) is 0 Å². The molecule has 0 spiro atoms. The van der Waals surface area contributed by atoms with Gasteiger partial charge >= 0.3 is 11.9 Å². The molecule has 0 saturated heterocycles. The number of aromatic hydroxyl groups is 3. The SMILES string of the molecule is COC1c2c(c(O)c(C(=O)O)c3c2OCc2c-3oc(O)cc2=O)OCc2oc3cc(O)cc(C(=O)O)c3c(=O)c21. The van der Waals surface area contributed by atoms with E-state index in [9.17, 15) is 44.7 Å². The smallest absolute Gasteiger partial charge is 0.340 e. The largest absolute Gasteiger partial charge is 0.508 e. The molecule has 5 N–H and O–H groups in total. The molecule has 0 saturated carbocycles. The van der Waals surface area contributed by atoms with Crippen LogP contribution in [0.2, 0.25) is 0 Å². The Morgan fingerprint density at radius 3 is 2.33 bits per heavy atom. The Labute approximate surface area is 220 Å². The second kappa shape index (κ2) is 8.51. The van der Waals surface area contributed by atoms with Crippen LogP contribution in [0, 0.1) is 0 Å². The molecule has 0 radical (unpaired) electrons. The Hall–Kier alpha value is -5.50. The second-order valence-electron chi connectivity index (χ2n) is 8.86. The monoisotopic (exact) mass is 552 g/mol. The van der Waals surface area contributed by atoms with Crippen molar-refractivity contribution in [3.8, 4) is 40.3 Å². The highest BCUT2D eigenvalue weighted by Crippen LogP contribution is 2.55. The van der Waals surface area contributed by atoms with E-state index < -0.39 is 93.1 Å². The highest BCUT2D eigenvalue weighted by atomic mass is 16.5. The predicted molar refractivity (Wildman–Crippen MR) is 129 cm³/mol. The van der Waals surface area contributed by atoms with Gasteiger partial charge in [0, 0.05) is 13.2 Å². The van der Waals surface area contributed by atoms with Gasteiger partial charge in [0.25, 0.3) is 5.95 Å². The molecule has 2 aromatic carbocycles. The number of rotatable bonds is 3. The van der Waals surface area contributed by atoms with Crippen molar-refractivity contribution < 1.29 is 58.2 Å². The second-order valence-corrected chi connectivity index (χ2v) is 8.86. The predicted octanol–water partition coefficient (Wildman–Crippen LogP) is 2.45. The minimum absolute atomic E-state index is 0.146. The Morgan fingerprint density at radius 1 is 0.925 bits per heavy atom. The third-order valence-electron chi connectivity index (χ3n) is 6.68. The summed E-state index contributed by atoms with van der Waals surface area (Å²) < 4.78 is 28.2. The van der Waals surface area contributed by atoms with E-state index in [1.807, 2.05) is 0 Å². The summed E-state index contributed by atoms with van der Waals surface area (Å²) in [5.41, 5.74) is -4.21. The minimum atomic E-state index is -1.67. The standard InChI is InChI=1S/C26H16O14/c1-36-22-15-12(39-11-3-7(27)2-8(25(32)33)14(11)19(15)30)6-38-24-18(22)23-17(16(20(24)31)26(34)35)21-9(5-37-23)10(28)4-13(29)40-21/h2-4,22,27,29,31H,5-6H2,1H3,(H,32,33)(H,34,35). The summed E-state index contributed by atoms with van der Waals surface area (Å²) in [7, 11) is 1.18. The Bertz CT molecular complexity index is 1930. The lowest BCUT2D eigenvalue weighted by atomic mass is 9.89. The van der Waals surface area contributed by atoms with Crippen LogP contribution in [0.5, 0.6) is 28.9 Å². The fourth-order valence-corrected chi connectivity index (χ4v) is 5.08. The average Bonchev–Trinajstić information content (AvgIpc) is 3.05. The van der Waals surface area contributed by atoms with Crippen molar-refractivity contribution in [2.24, 2.45) is 0 Å². The summed E-state index contributed by atoms with van der Waals surface area (Å²) in [6, 6.07) is 2.68. The molecule has 204 valence electrons. The molecule has 0 amide bonds. The number of phenolic OH excluding ortho intramolecular Hbond substituents is 1. The molecule has 2 aromatic heterocycles. The number of fused-ring (bicyclic) bond motifs is 7. The van der Waals surface area contributed by atoms with E-state index in [1.54, 1.807) is 0 Å². The van der Waals surface area contributed by atoms with Crippen LogP contribution in [0.25, 0.3) is 22.3 Å². The number of phenols is 2. The molecular weight excluding hydrogens is 536 g/mol. The van der Waals surface area contributed by atoms with E-state index in [2.05, 4.69) is 0 Å². The molecule has 14 nitrogen and oxygen atoms in total. The molecule has 14 heteroatoms. The number of hydrogen-bond donors (Lipinski definition) is 5. The van der Waals surface area contributed by atoms with Crippen molar-refractivity contribution in [2.45, 2.75) is 19.3 Å². The maximum atomic E-state index is 13.8. The lowest BCUT2D eigenvalue weighted by molar-refractivity contribution is 0.0683. The maximum Gasteiger partial charge on any atom is 0.340 e. The Morgan fingerprint density at radius 2 is 1.65 bits per heavy atom. The van der Waals surface area contributed by atoms with Crippen LogP contribution in [0.15, 0.2) is 36.6 Å². The normalized spacial score (nSPS) is 15.1. The quantitative estimate of drug-likeness (QED) is 0.246. The molecule has 0 bridgehead atoms. The first-order valence-electron chi connectivity index (χ1n) is 11.4. The van der Waals surface area contributed by atoms with Crippen molar-refractivity contribution in [3.05, 3.63) is 72.2 Å². The van der Waals surface area contributed by atoms with Gasteiger partial charge in [-0.05, 0) is 6.07 Å². The molecule has 4 aromatic rings. The zero-order valence-electron chi connectivity index (χ0n) is 20.1. The summed E-state index contributed by atoms with van der Waals surface area (Å²) in [4.78, 5) is 50.5. The number of carbonyl (C=O) groups is 2. The summed E-state index contributed by atoms with van der Waals surface area (Å²) in [5.74, 6) is -6.75. The maximum absolute atomic E-state index is 13.8. The molecule has 1 unspecified atom stereocenters. The van der Waals surface area contributed by atoms with Gasteiger partial charge < -0.3 is 48.6 Å². The summed E-state index contributed by atoms with van der Waals surface area (Å²) in [5, 5.41) is 50.4. The third kappa shape index (κ3) is 3.32. The molecule has 2 aliphatic rings. The number of carboxylic acid groups (broad SMARTS) is 2. The first kappa shape index (κ1) is 24.8. The van der Waals surface area contributed by atoms with Gasteiger partial charge in [-0.1, -0.05) is 0 Å². The number of aromatic carboxylic acids is 2. The number of ether oxygens (including phenoxy) is 3. The summed E-state index contributed by atoms with van der Waals surface area (Å²) >= 11 is 0. The zero-order chi connectivity index (χ0) is 28.6. The first-order valence-corrected chi connectivity index (χ1v) is 11.4. The average molecular weight is 552 g/mol. The van der Waals surface area contributed by atoms with Crippen molar-refractivity contribution >= 4 is 22.9 Å². The molecule has 2 aliphatic heterocycles. The van der Waals surface area contributed by atoms with Crippen LogP contribution in [-0.4, -0.2) is 44.6 Å². The van der Waals surface area contributed by atoms with Gasteiger partial charge in [-0.2, -0.15) is 0 Å². The number of benzene rings is 2. The van der Waals surface area contributed by atoms with E-state index in [0.717, 1.165) is 18.2 Å². The summed E-state index contributed by atoms with van der Waals surface area (Å²) in [6.07, 6.45) is -1.49. The fourth-order valence-electron chi connectivity index (χ4n) is 5.08. The van der Waals surface area contributed by atoms with Crippen LogP contribution in [0.4, 0.5) is 0 Å². The van der Waals surface area contributed by atoms with Crippen LogP contribution in [0.3, 0.4) is 0 Å². The van der Waals surface area contributed by atoms with E-state index in [0.29, 0.717) is 0 Å². The van der Waals surface area contributed by atoms with Gasteiger partial charge in [0.05, 0.1) is 39.3 Å². The van der Waals surface area contributed by atoms with Crippen LogP contribution < -0.4 is 20.3 Å².